The van der Waals surface area contributed by atoms with Gasteiger partial charge in [0.05, 0.1) is 22.8 Å². The van der Waals surface area contributed by atoms with Gasteiger partial charge >= 0.3 is 6.18 Å². The number of benzene rings is 1. The third kappa shape index (κ3) is 3.04. The van der Waals surface area contributed by atoms with Gasteiger partial charge < -0.3 is 10.2 Å². The molecule has 1 aliphatic rings. The van der Waals surface area contributed by atoms with Crippen molar-refractivity contribution < 1.29 is 18.0 Å². The fourth-order valence-corrected chi connectivity index (χ4v) is 3.41. The smallest absolute Gasteiger partial charge is 0.358 e. The Morgan fingerprint density at radius 3 is 2.71 bits per heavy atom. The molecule has 4 rings (SSSR count). The highest BCUT2D eigenvalue weighted by Crippen LogP contribution is 2.38. The van der Waals surface area contributed by atoms with E-state index < -0.39 is 23.7 Å². The van der Waals surface area contributed by atoms with Crippen LogP contribution in [0.4, 0.5) is 24.7 Å². The Bertz CT molecular complexity index is 1060. The number of nitrogens with one attached hydrogen (secondary N) is 1. The number of amides is 1. The van der Waals surface area contributed by atoms with Crippen molar-refractivity contribution in [2.24, 2.45) is 7.05 Å². The molecule has 10 heteroatoms. The first kappa shape index (κ1) is 18.2. The van der Waals surface area contributed by atoms with Crippen LogP contribution in [0.3, 0.4) is 0 Å². The minimum absolute atomic E-state index is 0.130. The second kappa shape index (κ2) is 6.47. The van der Waals surface area contributed by atoms with Crippen LogP contribution in [0, 0.1) is 6.92 Å². The van der Waals surface area contributed by atoms with Crippen LogP contribution >= 0.6 is 0 Å². The fourth-order valence-electron chi connectivity index (χ4n) is 3.41. The molecular weight excluding hydrogens is 373 g/mol. The maximum Gasteiger partial charge on any atom is 0.418 e. The van der Waals surface area contributed by atoms with Crippen molar-refractivity contribution in [1.29, 1.82) is 0 Å². The number of hydrogen-bond acceptors (Lipinski definition) is 5. The average molecular weight is 390 g/mol. The summed E-state index contributed by atoms with van der Waals surface area (Å²) in [5.74, 6) is 0.522. The summed E-state index contributed by atoms with van der Waals surface area (Å²) in [6, 6.07) is 4.42. The van der Waals surface area contributed by atoms with E-state index in [4.69, 9.17) is 0 Å². The van der Waals surface area contributed by atoms with Gasteiger partial charge in [-0.2, -0.15) is 18.3 Å². The molecule has 0 radical (unpaired) electrons. The van der Waals surface area contributed by atoms with Crippen LogP contribution in [0.2, 0.25) is 0 Å². The average Bonchev–Trinajstić information content (AvgIpc) is 3.18. The molecule has 1 saturated heterocycles. The monoisotopic (exact) mass is 390 g/mol. The molecule has 2 aromatic heterocycles. The Kier molecular flexibility index (Phi) is 4.20. The maximum absolute atomic E-state index is 13.3. The van der Waals surface area contributed by atoms with E-state index in [2.05, 4.69) is 20.4 Å². The lowest BCUT2D eigenvalue weighted by Crippen LogP contribution is -2.34. The van der Waals surface area contributed by atoms with Crippen molar-refractivity contribution >= 4 is 28.4 Å². The van der Waals surface area contributed by atoms with Gasteiger partial charge in [-0.25, -0.2) is 9.97 Å². The van der Waals surface area contributed by atoms with E-state index in [1.165, 1.54) is 23.1 Å². The number of alkyl halides is 3. The third-order valence-electron chi connectivity index (χ3n) is 4.72. The first-order chi connectivity index (χ1) is 13.3. The normalized spacial score (nSPS) is 17.5. The Morgan fingerprint density at radius 2 is 1.96 bits per heavy atom. The Labute approximate surface area is 158 Å². The molecule has 1 amide bonds. The number of aromatic nitrogens is 4. The van der Waals surface area contributed by atoms with Gasteiger partial charge in [-0.1, -0.05) is 12.1 Å². The molecule has 0 spiro atoms. The lowest BCUT2D eigenvalue weighted by molar-refractivity contribution is -0.137. The lowest BCUT2D eigenvalue weighted by atomic mass is 10.1. The summed E-state index contributed by atoms with van der Waals surface area (Å²) in [7, 11) is 1.75. The SMILES string of the molecule is Cc1nc(NC2CCN(c3ccccc3C(F)(F)F)C2=O)c2cnn(C)c2n1. The largest absolute Gasteiger partial charge is 0.418 e. The minimum atomic E-state index is -4.53. The van der Waals surface area contributed by atoms with Crippen LogP contribution in [-0.4, -0.2) is 38.2 Å². The molecule has 146 valence electrons. The number of para-hydroxylation sites is 1. The second-order valence-electron chi connectivity index (χ2n) is 6.62. The summed E-state index contributed by atoms with van der Waals surface area (Å²) in [5, 5.41) is 7.86. The predicted octanol–water partition coefficient (Wildman–Crippen LogP) is 2.91. The van der Waals surface area contributed by atoms with Crippen molar-refractivity contribution in [3.8, 4) is 0 Å². The lowest BCUT2D eigenvalue weighted by Gasteiger charge is -2.22. The minimum Gasteiger partial charge on any atom is -0.358 e. The van der Waals surface area contributed by atoms with Gasteiger partial charge in [-0.3, -0.25) is 9.48 Å². The number of aryl methyl sites for hydroxylation is 2. The molecule has 1 atom stereocenters. The molecule has 1 unspecified atom stereocenters. The first-order valence-corrected chi connectivity index (χ1v) is 8.66. The van der Waals surface area contributed by atoms with Crippen molar-refractivity contribution in [2.45, 2.75) is 25.6 Å². The van der Waals surface area contributed by atoms with Crippen LogP contribution in [0.15, 0.2) is 30.5 Å². The van der Waals surface area contributed by atoms with Gasteiger partial charge in [0.1, 0.15) is 17.7 Å². The van der Waals surface area contributed by atoms with Crippen LogP contribution in [0.5, 0.6) is 0 Å². The highest BCUT2D eigenvalue weighted by Gasteiger charge is 2.39. The zero-order valence-corrected chi connectivity index (χ0v) is 15.2. The Hall–Kier alpha value is -3.17. The molecule has 3 aromatic rings. The number of carbonyl (C=O) groups excluding carboxylic acids is 1. The van der Waals surface area contributed by atoms with Gasteiger partial charge in [0, 0.05) is 13.6 Å². The van der Waals surface area contributed by atoms with Crippen molar-refractivity contribution in [3.05, 3.63) is 41.9 Å². The number of nitrogens with zero attached hydrogens (tertiary/aromatic N) is 5. The summed E-state index contributed by atoms with van der Waals surface area (Å²) in [6.07, 6.45) is -2.59. The maximum atomic E-state index is 13.3. The van der Waals surface area contributed by atoms with Crippen LogP contribution in [-0.2, 0) is 18.0 Å². The van der Waals surface area contributed by atoms with Gasteiger partial charge in [-0.05, 0) is 25.5 Å². The molecule has 0 bridgehead atoms. The highest BCUT2D eigenvalue weighted by molar-refractivity contribution is 6.02. The highest BCUT2D eigenvalue weighted by atomic mass is 19.4. The predicted molar refractivity (Wildman–Crippen MR) is 96.9 cm³/mol. The third-order valence-corrected chi connectivity index (χ3v) is 4.72. The number of fused-ring (bicyclic) bond motifs is 1. The molecule has 1 aliphatic heterocycles. The molecule has 3 heterocycles. The van der Waals surface area contributed by atoms with E-state index in [1.54, 1.807) is 24.9 Å². The van der Waals surface area contributed by atoms with Gasteiger partial charge in [0.25, 0.3) is 0 Å². The zero-order valence-electron chi connectivity index (χ0n) is 15.2. The Balaban J connectivity index is 1.64. The molecule has 7 nitrogen and oxygen atoms in total. The number of halogens is 3. The van der Waals surface area contributed by atoms with E-state index in [9.17, 15) is 18.0 Å². The van der Waals surface area contributed by atoms with Gasteiger partial charge in [0.2, 0.25) is 5.91 Å². The molecule has 1 fully saturated rings. The van der Waals surface area contributed by atoms with Gasteiger partial charge in [0.15, 0.2) is 5.65 Å². The summed E-state index contributed by atoms with van der Waals surface area (Å²) < 4.78 is 41.5. The van der Waals surface area contributed by atoms with Crippen LogP contribution < -0.4 is 10.2 Å². The summed E-state index contributed by atoms with van der Waals surface area (Å²) >= 11 is 0. The zero-order chi connectivity index (χ0) is 20.1. The number of rotatable bonds is 3. The number of hydrogen-bond donors (Lipinski definition) is 1. The molecule has 1 aromatic carbocycles. The van der Waals surface area contributed by atoms with Crippen molar-refractivity contribution in [3.63, 3.8) is 0 Å². The van der Waals surface area contributed by atoms with E-state index in [1.807, 2.05) is 0 Å². The van der Waals surface area contributed by atoms with E-state index in [0.717, 1.165) is 6.07 Å². The summed E-state index contributed by atoms with van der Waals surface area (Å²) in [6.45, 7) is 1.91. The summed E-state index contributed by atoms with van der Waals surface area (Å²) in [4.78, 5) is 22.7. The topological polar surface area (TPSA) is 75.9 Å². The standard InChI is InChI=1S/C18H17F3N6O/c1-10-23-15(11-9-22-26(2)16(11)24-10)25-13-7-8-27(17(13)28)14-6-4-3-5-12(14)18(19,20)21/h3-6,9,13H,7-8H2,1-2H3,(H,23,24,25). The van der Waals surface area contributed by atoms with Crippen LogP contribution in [0.25, 0.3) is 11.0 Å². The molecule has 0 saturated carbocycles. The van der Waals surface area contributed by atoms with Gasteiger partial charge in [-0.15, -0.1) is 0 Å². The van der Waals surface area contributed by atoms with Crippen molar-refractivity contribution in [1.82, 2.24) is 19.7 Å². The molecule has 28 heavy (non-hydrogen) atoms. The number of anilines is 2. The van der Waals surface area contributed by atoms with E-state index in [-0.39, 0.29) is 12.2 Å². The van der Waals surface area contributed by atoms with Crippen LogP contribution in [0.1, 0.15) is 17.8 Å². The number of carbonyl (C=O) groups is 1. The Morgan fingerprint density at radius 1 is 1.21 bits per heavy atom. The van der Waals surface area contributed by atoms with E-state index in [0.29, 0.717) is 29.1 Å². The molecule has 1 N–H and O–H groups in total. The second-order valence-corrected chi connectivity index (χ2v) is 6.62. The fraction of sp³-hybridized carbons (Fsp3) is 0.333. The molecule has 0 aliphatic carbocycles. The quantitative estimate of drug-likeness (QED) is 0.744. The summed E-state index contributed by atoms with van der Waals surface area (Å²) in [5.41, 5.74) is -0.342. The van der Waals surface area contributed by atoms with Crippen molar-refractivity contribution in [2.75, 3.05) is 16.8 Å². The first-order valence-electron chi connectivity index (χ1n) is 8.66. The van der Waals surface area contributed by atoms with E-state index >= 15 is 0 Å². The molecular formula is C18H17F3N6O.